The zero-order valence-corrected chi connectivity index (χ0v) is 11.8. The first-order valence-electron chi connectivity index (χ1n) is 7.18. The molecule has 1 aromatic carbocycles. The van der Waals surface area contributed by atoms with Crippen LogP contribution in [0.15, 0.2) is 36.7 Å². The van der Waals surface area contributed by atoms with Crippen molar-refractivity contribution in [3.63, 3.8) is 0 Å². The molecule has 3 rings (SSSR count). The summed E-state index contributed by atoms with van der Waals surface area (Å²) in [6.45, 7) is 5.11. The lowest BCUT2D eigenvalue weighted by Crippen LogP contribution is -2.19. The number of rotatable bonds is 4. The van der Waals surface area contributed by atoms with E-state index >= 15 is 0 Å². The summed E-state index contributed by atoms with van der Waals surface area (Å²) in [5.41, 5.74) is 2.55. The Kier molecular flexibility index (Phi) is 3.81. The maximum absolute atomic E-state index is 4.37. The number of hydrogen-bond acceptors (Lipinski definition) is 4. The summed E-state index contributed by atoms with van der Waals surface area (Å²) in [5.74, 6) is 1.92. The SMILES string of the molecule is Cc1cccc(CNc2cc(N3CCCC3)ncn2)c1. The number of nitrogens with one attached hydrogen (secondary N) is 1. The quantitative estimate of drug-likeness (QED) is 0.925. The zero-order chi connectivity index (χ0) is 13.8. The van der Waals surface area contributed by atoms with Gasteiger partial charge in [0, 0.05) is 25.7 Å². The second-order valence-electron chi connectivity index (χ2n) is 5.30. The third-order valence-corrected chi connectivity index (χ3v) is 3.64. The van der Waals surface area contributed by atoms with Gasteiger partial charge in [0.15, 0.2) is 0 Å². The van der Waals surface area contributed by atoms with Gasteiger partial charge in [0.2, 0.25) is 0 Å². The molecule has 0 amide bonds. The smallest absolute Gasteiger partial charge is 0.134 e. The molecule has 0 atom stereocenters. The van der Waals surface area contributed by atoms with Crippen molar-refractivity contribution in [1.29, 1.82) is 0 Å². The van der Waals surface area contributed by atoms with E-state index in [1.54, 1.807) is 6.33 Å². The fourth-order valence-electron chi connectivity index (χ4n) is 2.58. The topological polar surface area (TPSA) is 41.0 Å². The van der Waals surface area contributed by atoms with Crippen molar-refractivity contribution >= 4 is 11.6 Å². The molecule has 1 saturated heterocycles. The van der Waals surface area contributed by atoms with Crippen LogP contribution in [0.4, 0.5) is 11.6 Å². The number of aromatic nitrogens is 2. The van der Waals surface area contributed by atoms with Crippen molar-refractivity contribution < 1.29 is 0 Å². The molecule has 4 nitrogen and oxygen atoms in total. The van der Waals surface area contributed by atoms with E-state index in [9.17, 15) is 0 Å². The Balaban J connectivity index is 1.66. The van der Waals surface area contributed by atoms with Crippen LogP contribution in [0.3, 0.4) is 0 Å². The summed E-state index contributed by atoms with van der Waals surface area (Å²) in [6, 6.07) is 10.6. The molecule has 1 aromatic heterocycles. The Morgan fingerprint density at radius 3 is 2.80 bits per heavy atom. The fourth-order valence-corrected chi connectivity index (χ4v) is 2.58. The molecule has 20 heavy (non-hydrogen) atoms. The van der Waals surface area contributed by atoms with Gasteiger partial charge in [-0.3, -0.25) is 0 Å². The lowest BCUT2D eigenvalue weighted by atomic mass is 10.1. The third-order valence-electron chi connectivity index (χ3n) is 3.64. The van der Waals surface area contributed by atoms with E-state index in [1.165, 1.54) is 24.0 Å². The van der Waals surface area contributed by atoms with Gasteiger partial charge in [-0.2, -0.15) is 0 Å². The molecule has 0 saturated carbocycles. The van der Waals surface area contributed by atoms with Crippen molar-refractivity contribution in [1.82, 2.24) is 9.97 Å². The van der Waals surface area contributed by atoms with E-state index in [4.69, 9.17) is 0 Å². The second kappa shape index (κ2) is 5.90. The van der Waals surface area contributed by atoms with Crippen molar-refractivity contribution in [2.75, 3.05) is 23.3 Å². The second-order valence-corrected chi connectivity index (χ2v) is 5.30. The van der Waals surface area contributed by atoms with E-state index in [0.717, 1.165) is 31.3 Å². The number of aryl methyl sites for hydroxylation is 1. The van der Waals surface area contributed by atoms with Crippen molar-refractivity contribution in [3.8, 4) is 0 Å². The largest absolute Gasteiger partial charge is 0.366 e. The molecule has 104 valence electrons. The van der Waals surface area contributed by atoms with Gasteiger partial charge in [-0.15, -0.1) is 0 Å². The highest BCUT2D eigenvalue weighted by Crippen LogP contribution is 2.19. The lowest BCUT2D eigenvalue weighted by molar-refractivity contribution is 0.925. The number of hydrogen-bond donors (Lipinski definition) is 1. The van der Waals surface area contributed by atoms with Gasteiger partial charge >= 0.3 is 0 Å². The Morgan fingerprint density at radius 1 is 1.15 bits per heavy atom. The fraction of sp³-hybridized carbons (Fsp3) is 0.375. The minimum Gasteiger partial charge on any atom is -0.366 e. The molecular formula is C16H20N4. The van der Waals surface area contributed by atoms with E-state index in [-0.39, 0.29) is 0 Å². The first-order chi connectivity index (χ1) is 9.81. The highest BCUT2D eigenvalue weighted by atomic mass is 15.2. The maximum atomic E-state index is 4.37. The molecule has 1 aliphatic rings. The molecule has 2 heterocycles. The summed E-state index contributed by atoms with van der Waals surface area (Å²) >= 11 is 0. The molecule has 0 unspecified atom stereocenters. The predicted molar refractivity (Wildman–Crippen MR) is 82.0 cm³/mol. The Labute approximate surface area is 119 Å². The summed E-state index contributed by atoms with van der Waals surface area (Å²) in [7, 11) is 0. The predicted octanol–water partition coefficient (Wildman–Crippen LogP) is 3.00. The summed E-state index contributed by atoms with van der Waals surface area (Å²) in [6.07, 6.45) is 4.17. The van der Waals surface area contributed by atoms with Gasteiger partial charge in [-0.05, 0) is 25.3 Å². The minimum atomic E-state index is 0.790. The lowest BCUT2D eigenvalue weighted by Gasteiger charge is -2.16. The van der Waals surface area contributed by atoms with Crippen LogP contribution in [0.2, 0.25) is 0 Å². The van der Waals surface area contributed by atoms with Crippen molar-refractivity contribution in [2.24, 2.45) is 0 Å². The first kappa shape index (κ1) is 12.9. The van der Waals surface area contributed by atoms with Crippen LogP contribution in [-0.4, -0.2) is 23.1 Å². The van der Waals surface area contributed by atoms with Gasteiger partial charge in [0.25, 0.3) is 0 Å². The average molecular weight is 268 g/mol. The molecule has 1 fully saturated rings. The van der Waals surface area contributed by atoms with Crippen LogP contribution in [0.1, 0.15) is 24.0 Å². The molecule has 0 spiro atoms. The summed E-state index contributed by atoms with van der Waals surface area (Å²) in [5, 5.41) is 3.37. The van der Waals surface area contributed by atoms with Crippen molar-refractivity contribution in [2.45, 2.75) is 26.3 Å². The van der Waals surface area contributed by atoms with E-state index in [2.05, 4.69) is 51.4 Å². The van der Waals surface area contributed by atoms with Gasteiger partial charge in [0.05, 0.1) is 0 Å². The molecular weight excluding hydrogens is 248 g/mol. The normalized spacial score (nSPS) is 14.6. The van der Waals surface area contributed by atoms with Crippen LogP contribution >= 0.6 is 0 Å². The van der Waals surface area contributed by atoms with E-state index in [1.807, 2.05) is 6.07 Å². The molecule has 1 aliphatic heterocycles. The van der Waals surface area contributed by atoms with Crippen LogP contribution < -0.4 is 10.2 Å². The van der Waals surface area contributed by atoms with Gasteiger partial charge in [-0.25, -0.2) is 9.97 Å². The third kappa shape index (κ3) is 3.07. The molecule has 0 aliphatic carbocycles. The van der Waals surface area contributed by atoms with Gasteiger partial charge < -0.3 is 10.2 Å². The van der Waals surface area contributed by atoms with Crippen LogP contribution in [0.5, 0.6) is 0 Å². The maximum Gasteiger partial charge on any atom is 0.134 e. The summed E-state index contributed by atoms with van der Waals surface area (Å²) in [4.78, 5) is 11.0. The molecule has 2 aromatic rings. The molecule has 0 bridgehead atoms. The number of benzene rings is 1. The van der Waals surface area contributed by atoms with Crippen LogP contribution in [0.25, 0.3) is 0 Å². The standard InChI is InChI=1S/C16H20N4/c1-13-5-4-6-14(9-13)11-17-15-10-16(19-12-18-15)20-7-2-3-8-20/h4-6,9-10,12H,2-3,7-8,11H2,1H3,(H,17,18,19). The minimum absolute atomic E-state index is 0.790. The van der Waals surface area contributed by atoms with Crippen molar-refractivity contribution in [3.05, 3.63) is 47.8 Å². The Morgan fingerprint density at radius 2 is 2.00 bits per heavy atom. The highest BCUT2D eigenvalue weighted by molar-refractivity contribution is 5.49. The molecule has 4 heteroatoms. The molecule has 0 radical (unpaired) electrons. The van der Waals surface area contributed by atoms with Crippen LogP contribution in [0, 0.1) is 6.92 Å². The van der Waals surface area contributed by atoms with Gasteiger partial charge in [0.1, 0.15) is 18.0 Å². The average Bonchev–Trinajstić information content (AvgIpc) is 3.00. The summed E-state index contributed by atoms with van der Waals surface area (Å²) < 4.78 is 0. The number of anilines is 2. The van der Waals surface area contributed by atoms with E-state index in [0.29, 0.717) is 0 Å². The Hall–Kier alpha value is -2.10. The van der Waals surface area contributed by atoms with Gasteiger partial charge in [-0.1, -0.05) is 29.8 Å². The number of nitrogens with zero attached hydrogens (tertiary/aromatic N) is 3. The molecule has 1 N–H and O–H groups in total. The zero-order valence-electron chi connectivity index (χ0n) is 11.8. The first-order valence-corrected chi connectivity index (χ1v) is 7.18. The van der Waals surface area contributed by atoms with E-state index < -0.39 is 0 Å². The highest BCUT2D eigenvalue weighted by Gasteiger charge is 2.13. The van der Waals surface area contributed by atoms with Crippen LogP contribution in [-0.2, 0) is 6.54 Å². The monoisotopic (exact) mass is 268 g/mol. The Bertz CT molecular complexity index is 576.